The molecule has 1 unspecified atom stereocenters. The largest absolute Gasteiger partial charge is 0.481 e. The number of hydrogen-bond donors (Lipinski definition) is 0. The van der Waals surface area contributed by atoms with Crippen molar-refractivity contribution in [3.8, 4) is 5.75 Å². The third-order valence-corrected chi connectivity index (χ3v) is 4.03. The first kappa shape index (κ1) is 15.6. The van der Waals surface area contributed by atoms with Crippen molar-refractivity contribution in [2.75, 3.05) is 20.8 Å². The summed E-state index contributed by atoms with van der Waals surface area (Å²) in [7, 11) is 3.35. The van der Waals surface area contributed by atoms with E-state index in [1.54, 1.807) is 14.2 Å². The Morgan fingerprint density at radius 2 is 1.74 bits per heavy atom. The summed E-state index contributed by atoms with van der Waals surface area (Å²) in [6, 6.07) is 17.9. The zero-order chi connectivity index (χ0) is 16.1. The number of para-hydroxylation sites is 2. The summed E-state index contributed by atoms with van der Waals surface area (Å²) in [5.41, 5.74) is 1.11. The van der Waals surface area contributed by atoms with Crippen molar-refractivity contribution in [3.05, 3.63) is 60.2 Å². The Hall–Kier alpha value is -2.33. The van der Waals surface area contributed by atoms with Crippen LogP contribution in [-0.2, 0) is 15.1 Å². The van der Waals surface area contributed by atoms with Gasteiger partial charge in [-0.2, -0.15) is 0 Å². The summed E-state index contributed by atoms with van der Waals surface area (Å²) in [4.78, 5) is 4.70. The second-order valence-electron chi connectivity index (χ2n) is 5.48. The zero-order valence-electron chi connectivity index (χ0n) is 13.5. The number of benzene rings is 2. The SMILES string of the molecule is COCCCC1(c2ccccc2)Oc2ccccc2N=C1OC. The molecule has 0 aromatic heterocycles. The van der Waals surface area contributed by atoms with E-state index in [-0.39, 0.29) is 0 Å². The highest BCUT2D eigenvalue weighted by molar-refractivity contribution is 5.91. The molecule has 0 N–H and O–H groups in total. The summed E-state index contributed by atoms with van der Waals surface area (Å²) in [6.07, 6.45) is 1.57. The number of nitrogens with zero attached hydrogens (tertiary/aromatic N) is 1. The molecular formula is C19H21NO3. The predicted molar refractivity (Wildman–Crippen MR) is 90.4 cm³/mol. The molecule has 120 valence electrons. The Balaban J connectivity index is 2.08. The smallest absolute Gasteiger partial charge is 0.238 e. The second kappa shape index (κ2) is 6.84. The van der Waals surface area contributed by atoms with Gasteiger partial charge in [0.25, 0.3) is 0 Å². The molecule has 1 heterocycles. The van der Waals surface area contributed by atoms with E-state index >= 15 is 0 Å². The van der Waals surface area contributed by atoms with Gasteiger partial charge in [0.1, 0.15) is 11.4 Å². The van der Waals surface area contributed by atoms with Crippen LogP contribution in [0.3, 0.4) is 0 Å². The van der Waals surface area contributed by atoms with Gasteiger partial charge in [-0.15, -0.1) is 0 Å². The van der Waals surface area contributed by atoms with E-state index in [0.29, 0.717) is 12.5 Å². The lowest BCUT2D eigenvalue weighted by molar-refractivity contribution is 0.0828. The van der Waals surface area contributed by atoms with E-state index in [0.717, 1.165) is 29.8 Å². The number of fused-ring (bicyclic) bond motifs is 1. The van der Waals surface area contributed by atoms with Crippen LogP contribution in [-0.4, -0.2) is 26.7 Å². The predicted octanol–water partition coefficient (Wildman–Crippen LogP) is 4.08. The first-order valence-electron chi connectivity index (χ1n) is 7.76. The zero-order valence-corrected chi connectivity index (χ0v) is 13.5. The molecule has 0 fully saturated rings. The first-order valence-corrected chi connectivity index (χ1v) is 7.76. The maximum Gasteiger partial charge on any atom is 0.238 e. The van der Waals surface area contributed by atoms with E-state index in [4.69, 9.17) is 19.2 Å². The Labute approximate surface area is 136 Å². The highest BCUT2D eigenvalue weighted by atomic mass is 16.6. The molecule has 0 amide bonds. The standard InChI is InChI=1S/C19H21NO3/c1-21-14-8-13-19(15-9-4-3-5-10-15)18(22-2)20-16-11-6-7-12-17(16)23-19/h3-7,9-12H,8,13-14H2,1-2H3. The van der Waals surface area contributed by atoms with Crippen molar-refractivity contribution in [3.63, 3.8) is 0 Å². The van der Waals surface area contributed by atoms with Crippen LogP contribution >= 0.6 is 0 Å². The van der Waals surface area contributed by atoms with Gasteiger partial charge in [0, 0.05) is 25.7 Å². The highest BCUT2D eigenvalue weighted by Gasteiger charge is 2.44. The lowest BCUT2D eigenvalue weighted by atomic mass is 9.87. The fourth-order valence-electron chi connectivity index (χ4n) is 2.93. The molecule has 3 rings (SSSR count). The monoisotopic (exact) mass is 311 g/mol. The average molecular weight is 311 g/mol. The van der Waals surface area contributed by atoms with Gasteiger partial charge >= 0.3 is 0 Å². The van der Waals surface area contributed by atoms with Gasteiger partial charge in [-0.05, 0) is 18.6 Å². The Morgan fingerprint density at radius 1 is 1.00 bits per heavy atom. The van der Waals surface area contributed by atoms with Crippen molar-refractivity contribution in [2.24, 2.45) is 4.99 Å². The summed E-state index contributed by atoms with van der Waals surface area (Å²) in [5.74, 6) is 1.35. The Morgan fingerprint density at radius 3 is 2.48 bits per heavy atom. The number of rotatable bonds is 5. The van der Waals surface area contributed by atoms with Crippen LogP contribution in [0.1, 0.15) is 18.4 Å². The number of ether oxygens (including phenoxy) is 3. The van der Waals surface area contributed by atoms with Gasteiger partial charge < -0.3 is 14.2 Å². The Bertz CT molecular complexity index is 684. The molecule has 0 saturated carbocycles. The molecule has 4 nitrogen and oxygen atoms in total. The van der Waals surface area contributed by atoms with Crippen molar-refractivity contribution < 1.29 is 14.2 Å². The molecule has 23 heavy (non-hydrogen) atoms. The van der Waals surface area contributed by atoms with Gasteiger partial charge in [-0.3, -0.25) is 0 Å². The molecule has 2 aromatic carbocycles. The number of aliphatic imine (C=N–C) groups is 1. The van der Waals surface area contributed by atoms with E-state index in [2.05, 4.69) is 12.1 Å². The van der Waals surface area contributed by atoms with Crippen LogP contribution in [0, 0.1) is 0 Å². The van der Waals surface area contributed by atoms with Crippen molar-refractivity contribution in [1.29, 1.82) is 0 Å². The number of methoxy groups -OCH3 is 2. The average Bonchev–Trinajstić information content (AvgIpc) is 2.62. The fourth-order valence-corrected chi connectivity index (χ4v) is 2.93. The van der Waals surface area contributed by atoms with Crippen LogP contribution in [0.5, 0.6) is 5.75 Å². The second-order valence-corrected chi connectivity index (χ2v) is 5.48. The third-order valence-electron chi connectivity index (χ3n) is 4.03. The van der Waals surface area contributed by atoms with Crippen LogP contribution in [0.15, 0.2) is 59.6 Å². The van der Waals surface area contributed by atoms with Crippen molar-refractivity contribution in [2.45, 2.75) is 18.4 Å². The van der Waals surface area contributed by atoms with Crippen LogP contribution < -0.4 is 4.74 Å². The lowest BCUT2D eigenvalue weighted by Gasteiger charge is -2.37. The van der Waals surface area contributed by atoms with Crippen LogP contribution in [0.25, 0.3) is 0 Å². The molecule has 1 atom stereocenters. The molecule has 2 aromatic rings. The van der Waals surface area contributed by atoms with Crippen LogP contribution in [0.4, 0.5) is 5.69 Å². The third kappa shape index (κ3) is 2.94. The normalized spacial score (nSPS) is 19.5. The van der Waals surface area contributed by atoms with Gasteiger partial charge in [-0.1, -0.05) is 42.5 Å². The summed E-state index contributed by atoms with van der Waals surface area (Å²) in [5, 5.41) is 0. The Kier molecular flexibility index (Phi) is 4.63. The van der Waals surface area contributed by atoms with E-state index in [1.807, 2.05) is 42.5 Å². The fraction of sp³-hybridized carbons (Fsp3) is 0.316. The van der Waals surface area contributed by atoms with E-state index in [1.165, 1.54) is 0 Å². The molecular weight excluding hydrogens is 290 g/mol. The van der Waals surface area contributed by atoms with E-state index in [9.17, 15) is 0 Å². The molecule has 1 aliphatic rings. The first-order chi connectivity index (χ1) is 11.3. The van der Waals surface area contributed by atoms with E-state index < -0.39 is 5.60 Å². The molecule has 0 spiro atoms. The molecule has 1 aliphatic heterocycles. The van der Waals surface area contributed by atoms with Crippen molar-refractivity contribution in [1.82, 2.24) is 0 Å². The molecule has 0 bridgehead atoms. The number of hydrogen-bond acceptors (Lipinski definition) is 4. The summed E-state index contributed by atoms with van der Waals surface area (Å²) in [6.45, 7) is 0.663. The van der Waals surface area contributed by atoms with Gasteiger partial charge in [-0.25, -0.2) is 4.99 Å². The minimum absolute atomic E-state index is 0.582. The minimum atomic E-state index is -0.719. The van der Waals surface area contributed by atoms with Crippen molar-refractivity contribution >= 4 is 11.6 Å². The van der Waals surface area contributed by atoms with Gasteiger partial charge in [0.2, 0.25) is 11.5 Å². The maximum atomic E-state index is 6.44. The maximum absolute atomic E-state index is 6.44. The topological polar surface area (TPSA) is 40.0 Å². The molecule has 4 heteroatoms. The molecule has 0 aliphatic carbocycles. The van der Waals surface area contributed by atoms with Crippen LogP contribution in [0.2, 0.25) is 0 Å². The summed E-state index contributed by atoms with van der Waals surface area (Å²) < 4.78 is 17.3. The van der Waals surface area contributed by atoms with Gasteiger partial charge in [0.05, 0.1) is 7.11 Å². The van der Waals surface area contributed by atoms with Gasteiger partial charge in [0.15, 0.2) is 0 Å². The highest BCUT2D eigenvalue weighted by Crippen LogP contribution is 2.43. The molecule has 0 radical (unpaired) electrons. The minimum Gasteiger partial charge on any atom is -0.481 e. The summed E-state index contributed by atoms with van der Waals surface area (Å²) >= 11 is 0. The lowest BCUT2D eigenvalue weighted by Crippen LogP contribution is -2.44. The quantitative estimate of drug-likeness (QED) is 0.781. The molecule has 0 saturated heterocycles.